The van der Waals surface area contributed by atoms with E-state index in [2.05, 4.69) is 0 Å². The van der Waals surface area contributed by atoms with Gasteiger partial charge in [-0.25, -0.2) is 0 Å². The van der Waals surface area contributed by atoms with Gasteiger partial charge in [-0.1, -0.05) is 23.7 Å². The van der Waals surface area contributed by atoms with Gasteiger partial charge in [0.15, 0.2) is 0 Å². The minimum Gasteiger partial charge on any atom is -0.490 e. The molecule has 1 aliphatic heterocycles. The maximum atomic E-state index is 9.69. The molecule has 0 bridgehead atoms. The van der Waals surface area contributed by atoms with Crippen LogP contribution < -0.4 is 10.5 Å². The van der Waals surface area contributed by atoms with E-state index in [1.807, 2.05) is 0 Å². The van der Waals surface area contributed by atoms with E-state index in [4.69, 9.17) is 22.1 Å². The highest BCUT2D eigenvalue weighted by Gasteiger charge is 2.27. The molecule has 3 nitrogen and oxygen atoms in total. The average molecular weight is 200 g/mol. The fourth-order valence-electron chi connectivity index (χ4n) is 1.41. The maximum Gasteiger partial charge on any atom is 0.143 e. The molecule has 0 saturated carbocycles. The molecule has 0 spiro atoms. The summed E-state index contributed by atoms with van der Waals surface area (Å²) in [5.41, 5.74) is 6.30. The quantitative estimate of drug-likeness (QED) is 0.658. The normalized spacial score (nSPS) is 26.4. The van der Waals surface area contributed by atoms with Gasteiger partial charge in [-0.3, -0.25) is 0 Å². The van der Waals surface area contributed by atoms with Crippen molar-refractivity contribution in [3.63, 3.8) is 0 Å². The van der Waals surface area contributed by atoms with Gasteiger partial charge in [-0.05, 0) is 6.07 Å². The Kier molecular flexibility index (Phi) is 2.15. The lowest BCUT2D eigenvalue weighted by atomic mass is 10.00. The van der Waals surface area contributed by atoms with E-state index in [0.29, 0.717) is 22.9 Å². The number of rotatable bonds is 0. The van der Waals surface area contributed by atoms with Gasteiger partial charge in [-0.2, -0.15) is 0 Å². The lowest BCUT2D eigenvalue weighted by Gasteiger charge is -2.27. The molecule has 3 N–H and O–H groups in total. The van der Waals surface area contributed by atoms with Gasteiger partial charge in [0.2, 0.25) is 0 Å². The molecular formula is C9H10ClNO2. The van der Waals surface area contributed by atoms with Gasteiger partial charge in [0.25, 0.3) is 0 Å². The standard InChI is InChI=1S/C9H10ClNO2/c10-6-3-1-2-5-8(12)7(11)4-13-9(5)6/h1-3,7-8,12H,4,11H2/t7-,8-/m1/s1. The van der Waals surface area contributed by atoms with E-state index in [1.54, 1.807) is 18.2 Å². The zero-order valence-corrected chi connectivity index (χ0v) is 7.66. The molecule has 70 valence electrons. The van der Waals surface area contributed by atoms with Gasteiger partial charge in [0.1, 0.15) is 18.5 Å². The average Bonchev–Trinajstić information content (AvgIpc) is 2.12. The van der Waals surface area contributed by atoms with Crippen molar-refractivity contribution in [2.45, 2.75) is 12.1 Å². The Bertz CT molecular complexity index is 329. The van der Waals surface area contributed by atoms with Crippen LogP contribution in [0.2, 0.25) is 5.02 Å². The van der Waals surface area contributed by atoms with E-state index in [0.717, 1.165) is 0 Å². The second-order valence-corrected chi connectivity index (χ2v) is 3.49. The maximum absolute atomic E-state index is 9.69. The Labute approximate surface area is 81.1 Å². The van der Waals surface area contributed by atoms with Crippen molar-refractivity contribution in [1.29, 1.82) is 0 Å². The van der Waals surface area contributed by atoms with E-state index in [9.17, 15) is 5.11 Å². The SMILES string of the molecule is N[C@@H]1COc2c(Cl)cccc2[C@H]1O. The summed E-state index contributed by atoms with van der Waals surface area (Å²) < 4.78 is 5.32. The number of aliphatic hydroxyl groups is 1. The van der Waals surface area contributed by atoms with E-state index in [-0.39, 0.29) is 6.04 Å². The monoisotopic (exact) mass is 199 g/mol. The van der Waals surface area contributed by atoms with Crippen molar-refractivity contribution < 1.29 is 9.84 Å². The van der Waals surface area contributed by atoms with Crippen LogP contribution in [0.4, 0.5) is 0 Å². The first-order chi connectivity index (χ1) is 6.20. The summed E-state index contributed by atoms with van der Waals surface area (Å²) in [6, 6.07) is 4.90. The van der Waals surface area contributed by atoms with Gasteiger partial charge in [0.05, 0.1) is 11.1 Å². The molecule has 0 fully saturated rings. The van der Waals surface area contributed by atoms with Gasteiger partial charge >= 0.3 is 0 Å². The van der Waals surface area contributed by atoms with Crippen LogP contribution >= 0.6 is 11.6 Å². The topological polar surface area (TPSA) is 55.5 Å². The first-order valence-corrected chi connectivity index (χ1v) is 4.43. The molecule has 2 rings (SSSR count). The molecular weight excluding hydrogens is 190 g/mol. The first-order valence-electron chi connectivity index (χ1n) is 4.05. The molecule has 0 amide bonds. The number of benzene rings is 1. The second-order valence-electron chi connectivity index (χ2n) is 3.08. The zero-order chi connectivity index (χ0) is 9.42. The zero-order valence-electron chi connectivity index (χ0n) is 6.90. The van der Waals surface area contributed by atoms with Crippen LogP contribution in [0.15, 0.2) is 18.2 Å². The Morgan fingerprint density at radius 3 is 3.08 bits per heavy atom. The van der Waals surface area contributed by atoms with Crippen LogP contribution in [0, 0.1) is 0 Å². The van der Waals surface area contributed by atoms with Gasteiger partial charge < -0.3 is 15.6 Å². The van der Waals surface area contributed by atoms with Crippen molar-refractivity contribution in [2.75, 3.05) is 6.61 Å². The van der Waals surface area contributed by atoms with Crippen LogP contribution in [0.1, 0.15) is 11.7 Å². The summed E-state index contributed by atoms with van der Waals surface area (Å²) in [5.74, 6) is 0.554. The first kappa shape index (κ1) is 8.81. The minimum atomic E-state index is -0.678. The lowest BCUT2D eigenvalue weighted by molar-refractivity contribution is 0.0916. The number of aliphatic hydroxyl groups excluding tert-OH is 1. The van der Waals surface area contributed by atoms with E-state index in [1.165, 1.54) is 0 Å². The van der Waals surface area contributed by atoms with Crippen molar-refractivity contribution in [3.05, 3.63) is 28.8 Å². The summed E-state index contributed by atoms with van der Waals surface area (Å²) in [5, 5.41) is 10.2. The van der Waals surface area contributed by atoms with Crippen molar-refractivity contribution in [1.82, 2.24) is 0 Å². The molecule has 0 unspecified atom stereocenters. The van der Waals surface area contributed by atoms with E-state index < -0.39 is 6.10 Å². The van der Waals surface area contributed by atoms with Crippen molar-refractivity contribution >= 4 is 11.6 Å². The Hall–Kier alpha value is -0.770. The highest BCUT2D eigenvalue weighted by molar-refractivity contribution is 6.32. The molecule has 0 aliphatic carbocycles. The summed E-state index contributed by atoms with van der Waals surface area (Å²) in [6.45, 7) is 0.303. The largest absolute Gasteiger partial charge is 0.490 e. The van der Waals surface area contributed by atoms with Crippen LogP contribution in [-0.2, 0) is 0 Å². The Morgan fingerprint density at radius 2 is 2.31 bits per heavy atom. The van der Waals surface area contributed by atoms with Gasteiger partial charge in [0, 0.05) is 5.56 Å². The molecule has 1 aromatic rings. The fraction of sp³-hybridized carbons (Fsp3) is 0.333. The van der Waals surface area contributed by atoms with Crippen LogP contribution in [-0.4, -0.2) is 17.8 Å². The van der Waals surface area contributed by atoms with Gasteiger partial charge in [-0.15, -0.1) is 0 Å². The number of fused-ring (bicyclic) bond motifs is 1. The summed E-state index contributed by atoms with van der Waals surface area (Å²) >= 11 is 5.88. The molecule has 13 heavy (non-hydrogen) atoms. The van der Waals surface area contributed by atoms with Crippen molar-refractivity contribution in [3.8, 4) is 5.75 Å². The van der Waals surface area contributed by atoms with Crippen molar-refractivity contribution in [2.24, 2.45) is 5.73 Å². The number of hydrogen-bond donors (Lipinski definition) is 2. The number of para-hydroxylation sites is 1. The fourth-order valence-corrected chi connectivity index (χ4v) is 1.65. The smallest absolute Gasteiger partial charge is 0.143 e. The Balaban J connectivity index is 2.49. The summed E-state index contributed by atoms with van der Waals surface area (Å²) in [7, 11) is 0. The van der Waals surface area contributed by atoms with Crippen LogP contribution in [0.3, 0.4) is 0 Å². The lowest BCUT2D eigenvalue weighted by Crippen LogP contribution is -2.38. The summed E-state index contributed by atoms with van der Waals surface area (Å²) in [4.78, 5) is 0. The number of nitrogens with two attached hydrogens (primary N) is 1. The number of hydrogen-bond acceptors (Lipinski definition) is 3. The predicted octanol–water partition coefficient (Wildman–Crippen LogP) is 1.09. The molecule has 2 atom stereocenters. The molecule has 4 heteroatoms. The highest BCUT2D eigenvalue weighted by atomic mass is 35.5. The molecule has 1 aromatic carbocycles. The minimum absolute atomic E-state index is 0.303. The molecule has 1 aliphatic rings. The molecule has 0 radical (unpaired) electrons. The Morgan fingerprint density at radius 1 is 1.54 bits per heavy atom. The third-order valence-corrected chi connectivity index (χ3v) is 2.44. The summed E-state index contributed by atoms with van der Waals surface area (Å²) in [6.07, 6.45) is -0.678. The molecule has 0 aromatic heterocycles. The number of ether oxygens (including phenoxy) is 1. The molecule has 1 heterocycles. The van der Waals surface area contributed by atoms with Crippen LogP contribution in [0.25, 0.3) is 0 Å². The predicted molar refractivity (Wildman–Crippen MR) is 49.9 cm³/mol. The molecule has 0 saturated heterocycles. The van der Waals surface area contributed by atoms with E-state index >= 15 is 0 Å². The third kappa shape index (κ3) is 1.39. The highest BCUT2D eigenvalue weighted by Crippen LogP contribution is 2.36. The third-order valence-electron chi connectivity index (χ3n) is 2.14. The number of halogens is 1. The second kappa shape index (κ2) is 3.18. The van der Waals surface area contributed by atoms with Crippen LogP contribution in [0.5, 0.6) is 5.75 Å².